The molecule has 5 rings (SSSR count). The van der Waals surface area contributed by atoms with E-state index in [1.54, 1.807) is 0 Å². The molecule has 2 aromatic rings. The van der Waals surface area contributed by atoms with Crippen molar-refractivity contribution in [2.24, 2.45) is 0 Å². The molecule has 0 radical (unpaired) electrons. The van der Waals surface area contributed by atoms with Gasteiger partial charge in [0.25, 0.3) is 0 Å². The molecule has 1 aromatic carbocycles. The number of esters is 1. The van der Waals surface area contributed by atoms with Gasteiger partial charge in [0.1, 0.15) is 25.4 Å². The number of carbonyl (C=O) groups is 2. The van der Waals surface area contributed by atoms with Crippen LogP contribution in [0.1, 0.15) is 133 Å². The maximum atomic E-state index is 13.8. The molecule has 0 spiro atoms. The van der Waals surface area contributed by atoms with Gasteiger partial charge in [-0.1, -0.05) is 96.8 Å². The molecule has 0 amide bonds. The summed E-state index contributed by atoms with van der Waals surface area (Å²) >= 11 is 1.38. The standard InChI is InChI=1S/C39H55N3O4S/c1-6-8-9-10-11-12-13-14-15-16-23-46-30(43)26-41(7-2)38-40-37(39(3,4)5)36(47-38)32-34(44)31(35(32)45)29-24-27-19-17-21-42-22-18-20-28(25-29)33(27)42/h24-25H,6-23,26H2,1-5H3/p+1. The number of hydrogen-bond acceptors (Lipinski definition) is 7. The Hall–Kier alpha value is -3.00. The first kappa shape index (κ1) is 35.3. The minimum atomic E-state index is -0.359. The second kappa shape index (κ2) is 15.9. The van der Waals surface area contributed by atoms with Crippen LogP contribution in [0, 0.1) is 0 Å². The quantitative estimate of drug-likeness (QED) is 0.121. The number of ether oxygens (including phenoxy) is 1. The Labute approximate surface area is 285 Å². The minimum Gasteiger partial charge on any atom is -0.506 e. The summed E-state index contributed by atoms with van der Waals surface area (Å²) in [7, 11) is 0. The highest BCUT2D eigenvalue weighted by Crippen LogP contribution is 2.45. The number of rotatable bonds is 16. The molecule has 3 aliphatic rings. The van der Waals surface area contributed by atoms with Crippen molar-refractivity contribution in [3.05, 3.63) is 50.2 Å². The van der Waals surface area contributed by atoms with Gasteiger partial charge in [-0.15, -0.1) is 0 Å². The van der Waals surface area contributed by atoms with E-state index in [4.69, 9.17) is 9.72 Å². The number of aliphatic hydroxyl groups excluding tert-OH is 1. The van der Waals surface area contributed by atoms with Crippen LogP contribution < -0.4 is 20.1 Å². The largest absolute Gasteiger partial charge is 0.506 e. The molecule has 47 heavy (non-hydrogen) atoms. The molecule has 1 N–H and O–H groups in total. The molecule has 8 heteroatoms. The van der Waals surface area contributed by atoms with Crippen LogP contribution >= 0.6 is 11.3 Å². The van der Waals surface area contributed by atoms with E-state index in [1.807, 2.05) is 11.8 Å². The van der Waals surface area contributed by atoms with Gasteiger partial charge in [-0.25, -0.2) is 9.56 Å². The second-order valence-electron chi connectivity index (χ2n) is 14.6. The van der Waals surface area contributed by atoms with Crippen molar-refractivity contribution in [3.8, 4) is 0 Å². The number of allylic oxidation sites excluding steroid dienone is 2. The number of aromatic nitrogens is 1. The van der Waals surface area contributed by atoms with Crippen molar-refractivity contribution < 1.29 is 19.4 Å². The molecule has 1 aliphatic carbocycles. The normalized spacial score (nSPS) is 16.0. The molecular formula is C39H56N3O4S+. The molecule has 3 heterocycles. The fourth-order valence-electron chi connectivity index (χ4n) is 7.24. The van der Waals surface area contributed by atoms with Gasteiger partial charge in [0.15, 0.2) is 5.13 Å². The van der Waals surface area contributed by atoms with Crippen LogP contribution in [0.15, 0.2) is 17.9 Å². The number of nitrogens with zero attached hydrogens (tertiary/aromatic N) is 3. The number of carbonyl (C=O) groups excluding carboxylic acids is 2. The van der Waals surface area contributed by atoms with Gasteiger partial charge in [-0.2, -0.15) is 0 Å². The van der Waals surface area contributed by atoms with Gasteiger partial charge in [0, 0.05) is 35.9 Å². The highest BCUT2D eigenvalue weighted by atomic mass is 32.1. The average Bonchev–Trinajstić information content (AvgIpc) is 3.48. The zero-order chi connectivity index (χ0) is 33.6. The van der Waals surface area contributed by atoms with E-state index < -0.39 is 0 Å². The summed E-state index contributed by atoms with van der Waals surface area (Å²) in [6.45, 7) is 13.8. The molecule has 1 aromatic heterocycles. The van der Waals surface area contributed by atoms with Crippen LogP contribution in [-0.4, -0.2) is 54.6 Å². The third-order valence-electron chi connectivity index (χ3n) is 9.84. The first-order chi connectivity index (χ1) is 22.6. The summed E-state index contributed by atoms with van der Waals surface area (Å²) in [6.07, 6.45) is 16.6. The smallest absolute Gasteiger partial charge is 0.325 e. The van der Waals surface area contributed by atoms with Crippen molar-refractivity contribution in [3.63, 3.8) is 0 Å². The zero-order valence-electron chi connectivity index (χ0n) is 29.5. The number of thiazole rings is 1. The van der Waals surface area contributed by atoms with Crippen LogP contribution in [0.25, 0.3) is 11.1 Å². The molecule has 7 nitrogen and oxygen atoms in total. The lowest BCUT2D eigenvalue weighted by atomic mass is 9.81. The van der Waals surface area contributed by atoms with Gasteiger partial charge < -0.3 is 14.7 Å². The number of ketones is 1. The van der Waals surface area contributed by atoms with Gasteiger partial charge in [-0.05, 0) is 43.5 Å². The highest BCUT2D eigenvalue weighted by Gasteiger charge is 2.40. The van der Waals surface area contributed by atoms with Crippen LogP contribution in [0.5, 0.6) is 0 Å². The topological polar surface area (TPSA) is 82.7 Å². The van der Waals surface area contributed by atoms with Crippen LogP contribution in [-0.2, 0) is 32.6 Å². The van der Waals surface area contributed by atoms with Crippen molar-refractivity contribution in [1.82, 2.24) is 9.56 Å². The van der Waals surface area contributed by atoms with Crippen molar-refractivity contribution in [2.75, 3.05) is 37.7 Å². The number of hydrogen-bond donors (Lipinski definition) is 1. The Morgan fingerprint density at radius 2 is 1.53 bits per heavy atom. The van der Waals surface area contributed by atoms with E-state index in [9.17, 15) is 14.7 Å². The van der Waals surface area contributed by atoms with Crippen LogP contribution in [0.3, 0.4) is 0 Å². The summed E-state index contributed by atoms with van der Waals surface area (Å²) in [5.74, 6) is -0.327. The summed E-state index contributed by atoms with van der Waals surface area (Å²) < 4.78 is 8.09. The van der Waals surface area contributed by atoms with E-state index in [2.05, 4.69) is 44.4 Å². The van der Waals surface area contributed by atoms with E-state index in [0.29, 0.717) is 34.3 Å². The fourth-order valence-corrected chi connectivity index (χ4v) is 8.62. The van der Waals surface area contributed by atoms with Crippen molar-refractivity contribution >= 4 is 39.4 Å². The molecule has 0 unspecified atom stereocenters. The summed E-state index contributed by atoms with van der Waals surface area (Å²) in [4.78, 5) is 34.2. The van der Waals surface area contributed by atoms with Gasteiger partial charge in [0.05, 0.1) is 28.3 Å². The Bertz CT molecular complexity index is 1570. The van der Waals surface area contributed by atoms with E-state index in [-0.39, 0.29) is 29.5 Å². The Balaban J connectivity index is 1.26. The predicted octanol–water partition coefficient (Wildman–Crippen LogP) is 6.82. The van der Waals surface area contributed by atoms with E-state index >= 15 is 0 Å². The molecule has 2 aliphatic heterocycles. The maximum absolute atomic E-state index is 13.8. The number of unbranched alkanes of at least 4 members (excludes halogenated alkanes) is 9. The monoisotopic (exact) mass is 662 g/mol. The van der Waals surface area contributed by atoms with E-state index in [0.717, 1.165) is 62.5 Å². The van der Waals surface area contributed by atoms with Crippen LogP contribution in [0.4, 0.5) is 5.13 Å². The lowest BCUT2D eigenvalue weighted by molar-refractivity contribution is -0.142. The Morgan fingerprint density at radius 1 is 0.936 bits per heavy atom. The number of aliphatic hydroxyl groups is 1. The third-order valence-corrected chi connectivity index (χ3v) is 11.0. The van der Waals surface area contributed by atoms with Crippen LogP contribution in [0.2, 0.25) is 0 Å². The highest BCUT2D eigenvalue weighted by molar-refractivity contribution is 7.17. The maximum Gasteiger partial charge on any atom is 0.325 e. The molecule has 0 bridgehead atoms. The first-order valence-electron chi connectivity index (χ1n) is 18.3. The number of anilines is 1. The third kappa shape index (κ3) is 8.18. The predicted molar refractivity (Wildman–Crippen MR) is 193 cm³/mol. The summed E-state index contributed by atoms with van der Waals surface area (Å²) in [5, 5.41) is 14.3. The van der Waals surface area contributed by atoms with Crippen molar-refractivity contribution in [2.45, 2.75) is 130 Å². The fraction of sp³-hybridized carbons (Fsp3) is 0.641. The van der Waals surface area contributed by atoms with E-state index in [1.165, 1.54) is 79.2 Å². The lowest BCUT2D eigenvalue weighted by Gasteiger charge is -2.25. The number of aryl methyl sites for hydroxylation is 2. The summed E-state index contributed by atoms with van der Waals surface area (Å²) in [5.41, 5.74) is 3.75. The average molecular weight is 663 g/mol. The first-order valence-corrected chi connectivity index (χ1v) is 19.1. The second-order valence-corrected chi connectivity index (χ2v) is 15.6. The van der Waals surface area contributed by atoms with Gasteiger partial charge >= 0.3 is 5.97 Å². The molecular weight excluding hydrogens is 607 g/mol. The minimum absolute atomic E-state index is 0.0604. The Morgan fingerprint density at radius 3 is 2.09 bits per heavy atom. The molecule has 0 atom stereocenters. The lowest BCUT2D eigenvalue weighted by Crippen LogP contribution is -2.44. The molecule has 0 saturated carbocycles. The van der Waals surface area contributed by atoms with Crippen molar-refractivity contribution in [1.29, 1.82) is 0 Å². The summed E-state index contributed by atoms with van der Waals surface area (Å²) in [6, 6.07) is 4.25. The number of likely N-dealkylation sites (N-methyl/N-ethyl adjacent to an activating group) is 1. The molecule has 256 valence electrons. The molecule has 0 saturated heterocycles. The zero-order valence-corrected chi connectivity index (χ0v) is 30.3. The Kier molecular flexibility index (Phi) is 12.0. The number of benzene rings is 1. The van der Waals surface area contributed by atoms with Gasteiger partial charge in [-0.3, -0.25) is 9.59 Å². The number of Topliss-reactive ketones (excluding diaryl/α,β-unsaturated/α-hetero) is 1. The molecule has 0 fully saturated rings. The van der Waals surface area contributed by atoms with Gasteiger partial charge in [0.2, 0.25) is 11.1 Å². The SMILES string of the molecule is CCCCCCCCCCCCOC(=O)CN(CC)c1nc(C(C)(C)C)c(C2=C(O)C(=c3cc4c5c(c3)CCC[N+]=5CCC4)C2=O)s1.